The van der Waals surface area contributed by atoms with Gasteiger partial charge in [-0.25, -0.2) is 4.79 Å². The first-order chi connectivity index (χ1) is 14.3. The summed E-state index contributed by atoms with van der Waals surface area (Å²) in [5.74, 6) is -1.83. The van der Waals surface area contributed by atoms with Crippen molar-refractivity contribution in [2.24, 2.45) is 11.8 Å². The van der Waals surface area contributed by atoms with Crippen molar-refractivity contribution in [1.82, 2.24) is 9.80 Å². The normalized spacial score (nSPS) is 26.6. The van der Waals surface area contributed by atoms with E-state index in [2.05, 4.69) is 40.1 Å². The Morgan fingerprint density at radius 1 is 1.10 bits per heavy atom. The average Bonchev–Trinajstić information content (AvgIpc) is 3.39. The first kappa shape index (κ1) is 22.6. The highest BCUT2D eigenvalue weighted by Gasteiger charge is 2.45. The number of carbonyl (C=O) groups is 2. The lowest BCUT2D eigenvalue weighted by molar-refractivity contribution is -0.192. The molecule has 3 fully saturated rings. The van der Waals surface area contributed by atoms with Gasteiger partial charge in [0, 0.05) is 45.2 Å². The van der Waals surface area contributed by atoms with E-state index in [4.69, 9.17) is 14.6 Å². The molecular weight excluding hydrogens is 401 g/mol. The number of halogens is 3. The largest absolute Gasteiger partial charge is 0.490 e. The van der Waals surface area contributed by atoms with Crippen LogP contribution in [0.3, 0.4) is 0 Å². The fraction of sp³-hybridized carbons (Fsp3) is 0.619. The monoisotopic (exact) mass is 428 g/mol. The van der Waals surface area contributed by atoms with E-state index in [1.54, 1.807) is 0 Å². The predicted molar refractivity (Wildman–Crippen MR) is 103 cm³/mol. The molecule has 1 N–H and O–H groups in total. The maximum atomic E-state index is 13.0. The molecule has 1 amide bonds. The second kappa shape index (κ2) is 9.78. The highest BCUT2D eigenvalue weighted by atomic mass is 19.4. The Hall–Kier alpha value is -2.13. The van der Waals surface area contributed by atoms with Crippen LogP contribution in [0.2, 0.25) is 0 Å². The Bertz CT molecular complexity index is 723. The van der Waals surface area contributed by atoms with Gasteiger partial charge in [-0.1, -0.05) is 30.3 Å². The summed E-state index contributed by atoms with van der Waals surface area (Å²) in [4.78, 5) is 26.4. The molecule has 0 unspecified atom stereocenters. The Balaban J connectivity index is 0.000000318. The van der Waals surface area contributed by atoms with Crippen LogP contribution in [-0.2, 0) is 20.9 Å². The lowest BCUT2D eigenvalue weighted by Gasteiger charge is -2.40. The number of rotatable bonds is 3. The molecule has 4 rings (SSSR count). The van der Waals surface area contributed by atoms with Crippen LogP contribution in [0, 0.1) is 11.8 Å². The number of nitrogens with zero attached hydrogens (tertiary/aromatic N) is 2. The molecule has 166 valence electrons. The van der Waals surface area contributed by atoms with Gasteiger partial charge in [0.1, 0.15) is 0 Å². The summed E-state index contributed by atoms with van der Waals surface area (Å²) in [5.41, 5.74) is 1.32. The van der Waals surface area contributed by atoms with Gasteiger partial charge in [0.15, 0.2) is 0 Å². The van der Waals surface area contributed by atoms with Crippen LogP contribution in [0.15, 0.2) is 30.3 Å². The van der Waals surface area contributed by atoms with Crippen LogP contribution < -0.4 is 0 Å². The molecule has 3 saturated heterocycles. The van der Waals surface area contributed by atoms with Crippen LogP contribution in [0.5, 0.6) is 0 Å². The van der Waals surface area contributed by atoms with Gasteiger partial charge in [-0.05, 0) is 24.8 Å². The van der Waals surface area contributed by atoms with E-state index in [1.807, 2.05) is 0 Å². The molecular formula is C21H27F3N2O4. The first-order valence-electron chi connectivity index (χ1n) is 10.2. The van der Waals surface area contributed by atoms with Crippen molar-refractivity contribution < 1.29 is 32.6 Å². The number of carbonyl (C=O) groups excluding carboxylic acids is 1. The highest BCUT2D eigenvalue weighted by molar-refractivity contribution is 5.80. The number of ether oxygens (including phenoxy) is 1. The first-order valence-corrected chi connectivity index (χ1v) is 10.2. The zero-order valence-corrected chi connectivity index (χ0v) is 16.7. The van der Waals surface area contributed by atoms with Crippen molar-refractivity contribution in [2.45, 2.75) is 38.1 Å². The molecule has 0 spiro atoms. The van der Waals surface area contributed by atoms with Crippen molar-refractivity contribution in [3.63, 3.8) is 0 Å². The van der Waals surface area contributed by atoms with Crippen molar-refractivity contribution in [1.29, 1.82) is 0 Å². The van der Waals surface area contributed by atoms with Crippen LogP contribution in [0.25, 0.3) is 0 Å². The molecule has 30 heavy (non-hydrogen) atoms. The third-order valence-corrected chi connectivity index (χ3v) is 5.90. The molecule has 1 aromatic rings. The van der Waals surface area contributed by atoms with E-state index >= 15 is 0 Å². The summed E-state index contributed by atoms with van der Waals surface area (Å²) in [5, 5.41) is 7.12. The average molecular weight is 428 g/mol. The molecule has 9 heteroatoms. The number of amides is 1. The van der Waals surface area contributed by atoms with E-state index in [9.17, 15) is 18.0 Å². The molecule has 0 aromatic heterocycles. The number of benzene rings is 1. The van der Waals surface area contributed by atoms with Crippen LogP contribution in [0.4, 0.5) is 13.2 Å². The second-order valence-electron chi connectivity index (χ2n) is 7.98. The molecule has 0 saturated carbocycles. The van der Waals surface area contributed by atoms with Crippen LogP contribution in [-0.4, -0.2) is 71.8 Å². The van der Waals surface area contributed by atoms with Gasteiger partial charge in [-0.2, -0.15) is 13.2 Å². The zero-order chi connectivity index (χ0) is 21.7. The number of alkyl halides is 3. The van der Waals surface area contributed by atoms with E-state index in [-0.39, 0.29) is 12.0 Å². The summed E-state index contributed by atoms with van der Waals surface area (Å²) in [6.45, 7) is 5.48. The van der Waals surface area contributed by atoms with Crippen molar-refractivity contribution in [2.75, 3.05) is 32.8 Å². The molecule has 6 nitrogen and oxygen atoms in total. The van der Waals surface area contributed by atoms with Crippen LogP contribution in [0.1, 0.15) is 24.8 Å². The number of likely N-dealkylation sites (tertiary alicyclic amines) is 2. The lowest BCUT2D eigenvalue weighted by atomic mass is 9.81. The number of hydrogen-bond donors (Lipinski definition) is 1. The summed E-state index contributed by atoms with van der Waals surface area (Å²) < 4.78 is 37.7. The minimum Gasteiger partial charge on any atom is -0.475 e. The summed E-state index contributed by atoms with van der Waals surface area (Å²) in [6.07, 6.45) is -1.47. The Kier molecular flexibility index (Phi) is 7.36. The minimum absolute atomic E-state index is 0.123. The van der Waals surface area contributed by atoms with E-state index in [1.165, 1.54) is 5.56 Å². The quantitative estimate of drug-likeness (QED) is 0.802. The SMILES string of the molecule is O=C(O)C(F)(F)F.O=C([C@H]1CN(Cc2ccccc2)C[C@H]2OCC[C@@H]12)N1CCCC1. The summed E-state index contributed by atoms with van der Waals surface area (Å²) >= 11 is 0. The van der Waals surface area contributed by atoms with Crippen LogP contribution >= 0.6 is 0 Å². The van der Waals surface area contributed by atoms with E-state index in [0.717, 1.165) is 58.6 Å². The van der Waals surface area contributed by atoms with Crippen molar-refractivity contribution in [3.8, 4) is 0 Å². The van der Waals surface area contributed by atoms with Gasteiger partial charge in [-0.3, -0.25) is 9.69 Å². The van der Waals surface area contributed by atoms with E-state index in [0.29, 0.717) is 11.8 Å². The van der Waals surface area contributed by atoms with Gasteiger partial charge < -0.3 is 14.7 Å². The number of carboxylic acids is 1. The predicted octanol–water partition coefficient (Wildman–Crippen LogP) is 2.78. The topological polar surface area (TPSA) is 70.1 Å². The number of carboxylic acid groups (broad SMARTS) is 1. The van der Waals surface area contributed by atoms with Gasteiger partial charge >= 0.3 is 12.1 Å². The maximum Gasteiger partial charge on any atom is 0.490 e. The Labute approximate surface area is 173 Å². The number of aliphatic carboxylic acids is 1. The summed E-state index contributed by atoms with van der Waals surface area (Å²) in [7, 11) is 0. The van der Waals surface area contributed by atoms with Crippen molar-refractivity contribution >= 4 is 11.9 Å². The standard InChI is InChI=1S/C19H26N2O2.C2HF3O2/c22-19(21-9-4-5-10-21)17-13-20(12-15-6-2-1-3-7-15)14-18-16(17)8-11-23-18;3-2(4,5)1(6)7/h1-3,6-7,16-18H,4-5,8-14H2;(H,6,7)/t16-,17-,18+;/m0./s1. The molecule has 3 aliphatic rings. The third-order valence-electron chi connectivity index (χ3n) is 5.90. The van der Waals surface area contributed by atoms with Gasteiger partial charge in [0.05, 0.1) is 12.0 Å². The van der Waals surface area contributed by atoms with E-state index < -0.39 is 12.1 Å². The Morgan fingerprint density at radius 2 is 1.73 bits per heavy atom. The lowest BCUT2D eigenvalue weighted by Crippen LogP contribution is -2.52. The fourth-order valence-corrected chi connectivity index (χ4v) is 4.46. The molecule has 3 atom stereocenters. The van der Waals surface area contributed by atoms with Gasteiger partial charge in [-0.15, -0.1) is 0 Å². The number of fused-ring (bicyclic) bond motifs is 1. The number of hydrogen-bond acceptors (Lipinski definition) is 4. The molecule has 3 aliphatic heterocycles. The minimum atomic E-state index is -5.08. The van der Waals surface area contributed by atoms with Crippen molar-refractivity contribution in [3.05, 3.63) is 35.9 Å². The number of piperidine rings is 1. The molecule has 1 aromatic carbocycles. The summed E-state index contributed by atoms with van der Waals surface area (Å²) in [6, 6.07) is 10.6. The zero-order valence-electron chi connectivity index (χ0n) is 16.7. The Morgan fingerprint density at radius 3 is 2.33 bits per heavy atom. The molecule has 3 heterocycles. The fourth-order valence-electron chi connectivity index (χ4n) is 4.46. The van der Waals surface area contributed by atoms with Gasteiger partial charge in [0.2, 0.25) is 5.91 Å². The molecule has 0 radical (unpaired) electrons. The molecule has 0 aliphatic carbocycles. The molecule has 0 bridgehead atoms. The third kappa shape index (κ3) is 5.72. The maximum absolute atomic E-state index is 13.0. The van der Waals surface area contributed by atoms with Gasteiger partial charge in [0.25, 0.3) is 0 Å². The second-order valence-corrected chi connectivity index (χ2v) is 7.98. The highest BCUT2D eigenvalue weighted by Crippen LogP contribution is 2.35. The smallest absolute Gasteiger partial charge is 0.475 e.